The Morgan fingerprint density at radius 2 is 2.18 bits per heavy atom. The smallest absolute Gasteiger partial charge is 0.408 e. The fourth-order valence-electron chi connectivity index (χ4n) is 2.88. The number of rotatable bonds is 1. The Balaban J connectivity index is 1.67. The molecule has 1 saturated heterocycles. The molecule has 2 aliphatic heterocycles. The molecule has 0 bridgehead atoms. The van der Waals surface area contributed by atoms with Crippen LogP contribution < -0.4 is 16.0 Å². The summed E-state index contributed by atoms with van der Waals surface area (Å²) < 4.78 is 5.33. The van der Waals surface area contributed by atoms with Gasteiger partial charge in [-0.25, -0.2) is 9.78 Å². The van der Waals surface area contributed by atoms with E-state index in [4.69, 9.17) is 4.74 Å². The van der Waals surface area contributed by atoms with Crippen LogP contribution in [-0.4, -0.2) is 17.1 Å². The third-order valence-corrected chi connectivity index (χ3v) is 4.02. The van der Waals surface area contributed by atoms with Gasteiger partial charge in [-0.15, -0.1) is 0 Å². The van der Waals surface area contributed by atoms with E-state index in [-0.39, 0.29) is 18.2 Å². The Morgan fingerprint density at radius 3 is 3.00 bits per heavy atom. The van der Waals surface area contributed by atoms with Gasteiger partial charge in [0.15, 0.2) is 0 Å². The number of ether oxygens (including phenoxy) is 1. The number of benzene rings is 1. The lowest BCUT2D eigenvalue weighted by atomic mass is 10.0. The van der Waals surface area contributed by atoms with Crippen LogP contribution >= 0.6 is 0 Å². The van der Waals surface area contributed by atoms with Crippen molar-refractivity contribution in [3.63, 3.8) is 0 Å². The third-order valence-electron chi connectivity index (χ3n) is 4.02. The number of hydrogen-bond acceptors (Lipinski definition) is 5. The van der Waals surface area contributed by atoms with Crippen LogP contribution in [0.2, 0.25) is 0 Å². The summed E-state index contributed by atoms with van der Waals surface area (Å²) in [5.41, 5.74) is 4.03. The van der Waals surface area contributed by atoms with Crippen molar-refractivity contribution in [2.75, 3.05) is 10.6 Å². The molecule has 0 spiro atoms. The number of hydrogen-bond donors (Lipinski definition) is 3. The standard InChI is InChI=1S/C16H16N4O2/c1-9-14(22-16(21)19-9)10-4-5-12-13(7-10)18-8-11-3-2-6-17-15(11)20-12/h2-7,9,14,18H,8H2,1H3,(H,17,20)(H,19,21). The Hall–Kier alpha value is -2.76. The lowest BCUT2D eigenvalue weighted by molar-refractivity contribution is 0.134. The second kappa shape index (κ2) is 4.91. The molecule has 6 nitrogen and oxygen atoms in total. The van der Waals surface area contributed by atoms with Gasteiger partial charge in [-0.1, -0.05) is 12.1 Å². The molecule has 1 aromatic heterocycles. The van der Waals surface area contributed by atoms with E-state index in [1.165, 1.54) is 0 Å². The van der Waals surface area contributed by atoms with Gasteiger partial charge in [-0.2, -0.15) is 0 Å². The molecule has 1 aromatic carbocycles. The number of aromatic nitrogens is 1. The van der Waals surface area contributed by atoms with Gasteiger partial charge in [-0.3, -0.25) is 0 Å². The van der Waals surface area contributed by atoms with Crippen molar-refractivity contribution >= 4 is 23.3 Å². The highest BCUT2D eigenvalue weighted by molar-refractivity contribution is 5.77. The van der Waals surface area contributed by atoms with Crippen LogP contribution in [0, 0.1) is 0 Å². The van der Waals surface area contributed by atoms with Gasteiger partial charge in [0.2, 0.25) is 0 Å². The molecular formula is C16H16N4O2. The first kappa shape index (κ1) is 12.9. The minimum Gasteiger partial charge on any atom is -0.439 e. The van der Waals surface area contributed by atoms with Crippen molar-refractivity contribution in [1.29, 1.82) is 0 Å². The number of carbonyl (C=O) groups is 1. The number of nitrogens with one attached hydrogen (secondary N) is 3. The summed E-state index contributed by atoms with van der Waals surface area (Å²) in [6, 6.07) is 9.91. The average molecular weight is 296 g/mol. The highest BCUT2D eigenvalue weighted by Gasteiger charge is 2.32. The number of amides is 1. The SMILES string of the molecule is CC1NC(=O)OC1c1ccc2c(c1)NCc1cccnc1N2. The van der Waals surface area contributed by atoms with Crippen molar-refractivity contribution in [2.45, 2.75) is 25.6 Å². The predicted molar refractivity (Wildman–Crippen MR) is 83.1 cm³/mol. The number of alkyl carbamates (subject to hydrolysis) is 1. The molecule has 3 N–H and O–H groups in total. The molecule has 6 heteroatoms. The Kier molecular flexibility index (Phi) is 2.89. The van der Waals surface area contributed by atoms with E-state index >= 15 is 0 Å². The Bertz CT molecular complexity index is 747. The number of cyclic esters (lactones) is 1. The van der Waals surface area contributed by atoms with Crippen molar-refractivity contribution < 1.29 is 9.53 Å². The number of carbonyl (C=O) groups excluding carboxylic acids is 1. The van der Waals surface area contributed by atoms with Crippen LogP contribution in [0.3, 0.4) is 0 Å². The minimum absolute atomic E-state index is 0.0387. The molecule has 1 fully saturated rings. The van der Waals surface area contributed by atoms with E-state index < -0.39 is 0 Å². The molecule has 112 valence electrons. The summed E-state index contributed by atoms with van der Waals surface area (Å²) in [6.45, 7) is 2.64. The first-order chi connectivity index (χ1) is 10.7. The summed E-state index contributed by atoms with van der Waals surface area (Å²) in [5.74, 6) is 0.865. The highest BCUT2D eigenvalue weighted by Crippen LogP contribution is 2.35. The zero-order chi connectivity index (χ0) is 15.1. The molecular weight excluding hydrogens is 280 g/mol. The number of fused-ring (bicyclic) bond motifs is 2. The second-order valence-corrected chi connectivity index (χ2v) is 5.55. The fraction of sp³-hybridized carbons (Fsp3) is 0.250. The van der Waals surface area contributed by atoms with E-state index in [1.807, 2.05) is 37.3 Å². The summed E-state index contributed by atoms with van der Waals surface area (Å²) in [7, 11) is 0. The predicted octanol–water partition coefficient (Wildman–Crippen LogP) is 2.92. The molecule has 2 unspecified atom stereocenters. The zero-order valence-electron chi connectivity index (χ0n) is 12.1. The molecule has 2 aromatic rings. The third kappa shape index (κ3) is 2.13. The lowest BCUT2D eigenvalue weighted by Crippen LogP contribution is -2.23. The Morgan fingerprint density at radius 1 is 1.27 bits per heavy atom. The molecule has 0 aliphatic carbocycles. The van der Waals surface area contributed by atoms with Gasteiger partial charge in [0, 0.05) is 18.3 Å². The second-order valence-electron chi connectivity index (χ2n) is 5.55. The van der Waals surface area contributed by atoms with E-state index in [0.717, 1.165) is 28.3 Å². The number of pyridine rings is 1. The van der Waals surface area contributed by atoms with E-state index in [1.54, 1.807) is 6.20 Å². The van der Waals surface area contributed by atoms with Crippen molar-refractivity contribution in [2.24, 2.45) is 0 Å². The van der Waals surface area contributed by atoms with Gasteiger partial charge < -0.3 is 20.7 Å². The van der Waals surface area contributed by atoms with Crippen LogP contribution in [0.15, 0.2) is 36.5 Å². The van der Waals surface area contributed by atoms with E-state index in [2.05, 4.69) is 20.9 Å². The topological polar surface area (TPSA) is 75.3 Å². The first-order valence-electron chi connectivity index (χ1n) is 7.26. The van der Waals surface area contributed by atoms with Crippen molar-refractivity contribution in [3.8, 4) is 0 Å². The molecule has 1 amide bonds. The Labute approximate surface area is 127 Å². The van der Waals surface area contributed by atoms with Crippen LogP contribution in [0.4, 0.5) is 22.0 Å². The first-order valence-corrected chi connectivity index (χ1v) is 7.26. The quantitative estimate of drug-likeness (QED) is 0.754. The molecule has 0 radical (unpaired) electrons. The van der Waals surface area contributed by atoms with Crippen molar-refractivity contribution in [1.82, 2.24) is 10.3 Å². The van der Waals surface area contributed by atoms with Gasteiger partial charge >= 0.3 is 6.09 Å². The van der Waals surface area contributed by atoms with Crippen LogP contribution in [0.1, 0.15) is 24.2 Å². The summed E-state index contributed by atoms with van der Waals surface area (Å²) in [4.78, 5) is 15.7. The summed E-state index contributed by atoms with van der Waals surface area (Å²) in [5, 5.41) is 9.52. The highest BCUT2D eigenvalue weighted by atomic mass is 16.6. The van der Waals surface area contributed by atoms with Crippen molar-refractivity contribution in [3.05, 3.63) is 47.7 Å². The maximum atomic E-state index is 11.4. The number of anilines is 3. The average Bonchev–Trinajstić information content (AvgIpc) is 2.76. The van der Waals surface area contributed by atoms with E-state index in [0.29, 0.717) is 6.54 Å². The molecule has 0 saturated carbocycles. The normalized spacial score (nSPS) is 22.3. The molecule has 22 heavy (non-hydrogen) atoms. The maximum Gasteiger partial charge on any atom is 0.408 e. The van der Waals surface area contributed by atoms with Crippen LogP contribution in [0.25, 0.3) is 0 Å². The van der Waals surface area contributed by atoms with E-state index in [9.17, 15) is 4.79 Å². The van der Waals surface area contributed by atoms with Crippen LogP contribution in [-0.2, 0) is 11.3 Å². The summed E-state index contributed by atoms with van der Waals surface area (Å²) >= 11 is 0. The summed E-state index contributed by atoms with van der Waals surface area (Å²) in [6.07, 6.45) is 1.15. The van der Waals surface area contributed by atoms with Crippen LogP contribution in [0.5, 0.6) is 0 Å². The molecule has 2 atom stereocenters. The van der Waals surface area contributed by atoms with Gasteiger partial charge in [0.1, 0.15) is 11.9 Å². The van der Waals surface area contributed by atoms with Gasteiger partial charge in [0.05, 0.1) is 17.4 Å². The number of nitrogens with zero attached hydrogens (tertiary/aromatic N) is 1. The van der Waals surface area contributed by atoms with Gasteiger partial charge in [-0.05, 0) is 30.7 Å². The molecule has 4 rings (SSSR count). The zero-order valence-corrected chi connectivity index (χ0v) is 12.1. The lowest BCUT2D eigenvalue weighted by Gasteiger charge is -2.16. The monoisotopic (exact) mass is 296 g/mol. The molecule has 2 aliphatic rings. The minimum atomic E-state index is -0.366. The molecule has 3 heterocycles. The largest absolute Gasteiger partial charge is 0.439 e. The fourth-order valence-corrected chi connectivity index (χ4v) is 2.88. The van der Waals surface area contributed by atoms with Gasteiger partial charge in [0.25, 0.3) is 0 Å². The maximum absolute atomic E-state index is 11.4.